The highest BCUT2D eigenvalue weighted by Gasteiger charge is 2.09. The number of aliphatic carboxylic acids is 1. The molecule has 1 aromatic rings. The minimum absolute atomic E-state index is 0.0507. The Morgan fingerprint density at radius 3 is 2.87 bits per heavy atom. The summed E-state index contributed by atoms with van der Waals surface area (Å²) in [5.41, 5.74) is 0.584. The molecule has 0 fully saturated rings. The van der Waals surface area contributed by atoms with Gasteiger partial charge in [-0.2, -0.15) is 0 Å². The van der Waals surface area contributed by atoms with Gasteiger partial charge < -0.3 is 5.11 Å². The number of hydrogen-bond acceptors (Lipinski definition) is 2. The van der Waals surface area contributed by atoms with Gasteiger partial charge in [-0.15, -0.1) is 0 Å². The Morgan fingerprint density at radius 1 is 1.60 bits per heavy atom. The van der Waals surface area contributed by atoms with Crippen LogP contribution in [-0.2, 0) is 11.3 Å². The Bertz CT molecular complexity index is 370. The SMILES string of the molecule is CN(CC(=O)O)Cc1cccc(F)c1Cl. The van der Waals surface area contributed by atoms with E-state index in [-0.39, 0.29) is 11.6 Å². The average Bonchev–Trinajstić information content (AvgIpc) is 2.11. The molecule has 0 spiro atoms. The van der Waals surface area contributed by atoms with Crippen LogP contribution in [0.2, 0.25) is 5.02 Å². The van der Waals surface area contributed by atoms with Gasteiger partial charge >= 0.3 is 5.97 Å². The van der Waals surface area contributed by atoms with Gasteiger partial charge in [0, 0.05) is 6.54 Å². The van der Waals surface area contributed by atoms with Gasteiger partial charge in [-0.1, -0.05) is 23.7 Å². The zero-order valence-electron chi connectivity index (χ0n) is 8.20. The molecule has 1 aromatic carbocycles. The quantitative estimate of drug-likeness (QED) is 0.862. The lowest BCUT2D eigenvalue weighted by Gasteiger charge is -2.14. The van der Waals surface area contributed by atoms with Crippen LogP contribution in [0.1, 0.15) is 5.56 Å². The molecular formula is C10H11ClFNO2. The Morgan fingerprint density at radius 2 is 2.27 bits per heavy atom. The van der Waals surface area contributed by atoms with Gasteiger partial charge in [-0.25, -0.2) is 4.39 Å². The van der Waals surface area contributed by atoms with Crippen molar-refractivity contribution < 1.29 is 14.3 Å². The van der Waals surface area contributed by atoms with Crippen molar-refractivity contribution in [1.29, 1.82) is 0 Å². The van der Waals surface area contributed by atoms with Crippen molar-refractivity contribution in [3.63, 3.8) is 0 Å². The standard InChI is InChI=1S/C10H11ClFNO2/c1-13(6-9(14)15)5-7-3-2-4-8(12)10(7)11/h2-4H,5-6H2,1H3,(H,14,15). The molecule has 0 saturated carbocycles. The first-order chi connectivity index (χ1) is 7.00. The predicted octanol–water partition coefficient (Wildman–Crippen LogP) is 2.00. The van der Waals surface area contributed by atoms with E-state index in [9.17, 15) is 9.18 Å². The van der Waals surface area contributed by atoms with E-state index in [0.717, 1.165) is 0 Å². The first kappa shape index (κ1) is 11.9. The zero-order chi connectivity index (χ0) is 11.4. The molecule has 0 bridgehead atoms. The summed E-state index contributed by atoms with van der Waals surface area (Å²) in [6.07, 6.45) is 0. The molecule has 0 atom stereocenters. The maximum atomic E-state index is 13.0. The van der Waals surface area contributed by atoms with Crippen LogP contribution in [-0.4, -0.2) is 29.6 Å². The lowest BCUT2D eigenvalue weighted by molar-refractivity contribution is -0.138. The largest absolute Gasteiger partial charge is 0.480 e. The molecule has 0 aliphatic carbocycles. The fourth-order valence-electron chi connectivity index (χ4n) is 1.25. The van der Waals surface area contributed by atoms with Gasteiger partial charge in [0.2, 0.25) is 0 Å². The molecule has 0 amide bonds. The zero-order valence-corrected chi connectivity index (χ0v) is 8.96. The van der Waals surface area contributed by atoms with Crippen molar-refractivity contribution in [2.75, 3.05) is 13.6 Å². The van der Waals surface area contributed by atoms with Crippen LogP contribution in [0.25, 0.3) is 0 Å². The second-order valence-corrected chi connectivity index (χ2v) is 3.66. The summed E-state index contributed by atoms with van der Waals surface area (Å²) in [6.45, 7) is 0.204. The molecule has 0 heterocycles. The number of nitrogens with zero attached hydrogens (tertiary/aromatic N) is 1. The van der Waals surface area contributed by atoms with Crippen LogP contribution >= 0.6 is 11.6 Å². The van der Waals surface area contributed by atoms with Crippen LogP contribution in [0.15, 0.2) is 18.2 Å². The average molecular weight is 232 g/mol. The van der Waals surface area contributed by atoms with Crippen molar-refractivity contribution in [3.05, 3.63) is 34.6 Å². The topological polar surface area (TPSA) is 40.5 Å². The predicted molar refractivity (Wildman–Crippen MR) is 55.4 cm³/mol. The lowest BCUT2D eigenvalue weighted by atomic mass is 10.2. The van der Waals surface area contributed by atoms with Crippen molar-refractivity contribution in [2.45, 2.75) is 6.54 Å². The number of hydrogen-bond donors (Lipinski definition) is 1. The normalized spacial score (nSPS) is 10.7. The number of rotatable bonds is 4. The molecule has 5 heteroatoms. The minimum atomic E-state index is -0.926. The van der Waals surface area contributed by atoms with Gasteiger partial charge in [0.25, 0.3) is 0 Å². The number of carboxylic acids is 1. The fourth-order valence-corrected chi connectivity index (χ4v) is 1.43. The highest BCUT2D eigenvalue weighted by atomic mass is 35.5. The summed E-state index contributed by atoms with van der Waals surface area (Å²) in [5.74, 6) is -1.41. The second-order valence-electron chi connectivity index (χ2n) is 3.28. The molecule has 0 aliphatic heterocycles. The summed E-state index contributed by atoms with van der Waals surface area (Å²) in [5, 5.41) is 8.59. The minimum Gasteiger partial charge on any atom is -0.480 e. The summed E-state index contributed by atoms with van der Waals surface area (Å²) < 4.78 is 13.0. The van der Waals surface area contributed by atoms with Crippen molar-refractivity contribution in [3.8, 4) is 0 Å². The summed E-state index contributed by atoms with van der Waals surface area (Å²) in [7, 11) is 1.63. The van der Waals surface area contributed by atoms with Crippen LogP contribution < -0.4 is 0 Å². The first-order valence-electron chi connectivity index (χ1n) is 4.34. The third-order valence-corrected chi connectivity index (χ3v) is 2.30. The van der Waals surface area contributed by atoms with E-state index >= 15 is 0 Å². The van der Waals surface area contributed by atoms with Crippen LogP contribution in [0, 0.1) is 5.82 Å². The second kappa shape index (κ2) is 5.09. The number of benzene rings is 1. The van der Waals surface area contributed by atoms with Crippen LogP contribution in [0.3, 0.4) is 0 Å². The van der Waals surface area contributed by atoms with E-state index in [2.05, 4.69) is 0 Å². The Labute approximate surface area is 92.1 Å². The van der Waals surface area contributed by atoms with Gasteiger partial charge in [0.05, 0.1) is 11.6 Å². The van der Waals surface area contributed by atoms with E-state index < -0.39 is 11.8 Å². The van der Waals surface area contributed by atoms with Crippen molar-refractivity contribution in [2.24, 2.45) is 0 Å². The smallest absolute Gasteiger partial charge is 0.317 e. The molecule has 3 nitrogen and oxygen atoms in total. The maximum Gasteiger partial charge on any atom is 0.317 e. The van der Waals surface area contributed by atoms with E-state index in [1.54, 1.807) is 24.1 Å². The van der Waals surface area contributed by atoms with Crippen LogP contribution in [0.5, 0.6) is 0 Å². The third kappa shape index (κ3) is 3.49. The van der Waals surface area contributed by atoms with Crippen molar-refractivity contribution >= 4 is 17.6 Å². The molecular weight excluding hydrogens is 221 g/mol. The molecule has 82 valence electrons. The fraction of sp³-hybridized carbons (Fsp3) is 0.300. The Kier molecular flexibility index (Phi) is 4.05. The molecule has 1 N–H and O–H groups in total. The molecule has 0 aliphatic rings. The molecule has 0 aromatic heterocycles. The summed E-state index contributed by atoms with van der Waals surface area (Å²) >= 11 is 5.72. The number of carbonyl (C=O) groups is 1. The van der Waals surface area contributed by atoms with E-state index in [1.165, 1.54) is 6.07 Å². The monoisotopic (exact) mass is 231 g/mol. The van der Waals surface area contributed by atoms with E-state index in [0.29, 0.717) is 12.1 Å². The Balaban J connectivity index is 2.72. The molecule has 0 unspecified atom stereocenters. The molecule has 0 radical (unpaired) electrons. The van der Waals surface area contributed by atoms with Gasteiger partial charge in [-0.05, 0) is 18.7 Å². The van der Waals surface area contributed by atoms with E-state index in [4.69, 9.17) is 16.7 Å². The highest BCUT2D eigenvalue weighted by Crippen LogP contribution is 2.20. The number of halogens is 2. The summed E-state index contributed by atoms with van der Waals surface area (Å²) in [4.78, 5) is 11.9. The van der Waals surface area contributed by atoms with Gasteiger partial charge in [0.1, 0.15) is 5.82 Å². The lowest BCUT2D eigenvalue weighted by Crippen LogP contribution is -2.25. The van der Waals surface area contributed by atoms with Crippen molar-refractivity contribution in [1.82, 2.24) is 4.90 Å². The number of likely N-dealkylation sites (N-methyl/N-ethyl adjacent to an activating group) is 1. The maximum absolute atomic E-state index is 13.0. The first-order valence-corrected chi connectivity index (χ1v) is 4.71. The summed E-state index contributed by atoms with van der Waals surface area (Å²) in [6, 6.07) is 4.48. The van der Waals surface area contributed by atoms with Gasteiger partial charge in [0.15, 0.2) is 0 Å². The number of carboxylic acid groups (broad SMARTS) is 1. The highest BCUT2D eigenvalue weighted by molar-refractivity contribution is 6.31. The Hall–Kier alpha value is -1.13. The van der Waals surface area contributed by atoms with Gasteiger partial charge in [-0.3, -0.25) is 9.69 Å². The molecule has 0 saturated heterocycles. The molecule has 15 heavy (non-hydrogen) atoms. The van der Waals surface area contributed by atoms with E-state index in [1.807, 2.05) is 0 Å². The molecule has 1 rings (SSSR count). The third-order valence-electron chi connectivity index (χ3n) is 1.88. The van der Waals surface area contributed by atoms with Crippen LogP contribution in [0.4, 0.5) is 4.39 Å².